The predicted octanol–water partition coefficient (Wildman–Crippen LogP) is 4.94. The zero-order valence-corrected chi connectivity index (χ0v) is 12.8. The summed E-state index contributed by atoms with van der Waals surface area (Å²) >= 11 is 3.35. The summed E-state index contributed by atoms with van der Waals surface area (Å²) in [6, 6.07) is 12.2. The van der Waals surface area contributed by atoms with Crippen molar-refractivity contribution in [3.63, 3.8) is 0 Å². The van der Waals surface area contributed by atoms with Gasteiger partial charge in [0.1, 0.15) is 5.82 Å². The molecule has 20 heavy (non-hydrogen) atoms. The van der Waals surface area contributed by atoms with Crippen molar-refractivity contribution in [3.8, 4) is 6.07 Å². The number of nitrogens with zero attached hydrogens (tertiary/aromatic N) is 1. The predicted molar refractivity (Wildman–Crippen MR) is 82.0 cm³/mol. The number of nitriles is 1. The number of aryl methyl sites for hydroxylation is 1. The topological polar surface area (TPSA) is 35.8 Å². The van der Waals surface area contributed by atoms with Crippen molar-refractivity contribution in [1.82, 2.24) is 0 Å². The Kier molecular flexibility index (Phi) is 4.41. The van der Waals surface area contributed by atoms with Crippen molar-refractivity contribution < 1.29 is 4.39 Å². The Morgan fingerprint density at radius 1 is 1.25 bits per heavy atom. The highest BCUT2D eigenvalue weighted by Gasteiger charge is 2.12. The first-order valence-corrected chi connectivity index (χ1v) is 7.03. The Labute approximate surface area is 126 Å². The lowest BCUT2D eigenvalue weighted by molar-refractivity contribution is 0.600. The number of rotatable bonds is 3. The Bertz CT molecular complexity index is 677. The largest absolute Gasteiger partial charge is 0.378 e. The van der Waals surface area contributed by atoms with Gasteiger partial charge in [-0.3, -0.25) is 0 Å². The van der Waals surface area contributed by atoms with Crippen LogP contribution in [0.4, 0.5) is 10.1 Å². The first-order valence-electron chi connectivity index (χ1n) is 6.23. The third kappa shape index (κ3) is 3.17. The molecule has 1 N–H and O–H groups in total. The molecule has 4 heteroatoms. The van der Waals surface area contributed by atoms with Crippen LogP contribution < -0.4 is 5.32 Å². The maximum absolute atomic E-state index is 13.9. The highest BCUT2D eigenvalue weighted by Crippen LogP contribution is 2.26. The van der Waals surface area contributed by atoms with Crippen LogP contribution in [0, 0.1) is 24.1 Å². The summed E-state index contributed by atoms with van der Waals surface area (Å²) in [5.74, 6) is -0.248. The molecule has 2 rings (SSSR count). The monoisotopic (exact) mass is 332 g/mol. The van der Waals surface area contributed by atoms with Crippen LogP contribution in [0.3, 0.4) is 0 Å². The van der Waals surface area contributed by atoms with E-state index in [1.807, 2.05) is 19.9 Å². The van der Waals surface area contributed by atoms with Gasteiger partial charge in [-0.2, -0.15) is 5.26 Å². The molecule has 0 radical (unpaired) electrons. The fraction of sp³-hybridized carbons (Fsp3) is 0.188. The van der Waals surface area contributed by atoms with Crippen LogP contribution in [-0.2, 0) is 0 Å². The van der Waals surface area contributed by atoms with Crippen molar-refractivity contribution in [2.75, 3.05) is 5.32 Å². The number of nitrogens with one attached hydrogen (secondary N) is 1. The van der Waals surface area contributed by atoms with Crippen LogP contribution in [-0.4, -0.2) is 0 Å². The van der Waals surface area contributed by atoms with Crippen molar-refractivity contribution in [1.29, 1.82) is 5.26 Å². The number of hydrogen-bond acceptors (Lipinski definition) is 2. The normalized spacial score (nSPS) is 11.8. The molecular weight excluding hydrogens is 319 g/mol. The maximum atomic E-state index is 13.9. The molecule has 0 heterocycles. The number of anilines is 1. The van der Waals surface area contributed by atoms with Gasteiger partial charge >= 0.3 is 0 Å². The van der Waals surface area contributed by atoms with Crippen LogP contribution in [0.25, 0.3) is 0 Å². The number of halogens is 2. The molecule has 0 fully saturated rings. The number of benzene rings is 2. The van der Waals surface area contributed by atoms with E-state index in [0.29, 0.717) is 11.1 Å². The van der Waals surface area contributed by atoms with Crippen molar-refractivity contribution in [3.05, 3.63) is 63.4 Å². The zero-order chi connectivity index (χ0) is 14.7. The minimum atomic E-state index is -0.248. The van der Waals surface area contributed by atoms with Crippen LogP contribution >= 0.6 is 15.9 Å². The maximum Gasteiger partial charge on any atom is 0.128 e. The third-order valence-corrected chi connectivity index (χ3v) is 3.66. The fourth-order valence-corrected chi connectivity index (χ4v) is 2.38. The lowest BCUT2D eigenvalue weighted by Crippen LogP contribution is -2.09. The van der Waals surface area contributed by atoms with Crippen LogP contribution in [0.1, 0.15) is 29.7 Å². The fourth-order valence-electron chi connectivity index (χ4n) is 2.00. The summed E-state index contributed by atoms with van der Waals surface area (Å²) in [6.07, 6.45) is 0. The highest BCUT2D eigenvalue weighted by atomic mass is 79.9. The van der Waals surface area contributed by atoms with Crippen LogP contribution in [0.15, 0.2) is 40.9 Å². The standard InChI is InChI=1S/C16H14BrFN2/c1-10-3-4-12(9-19)7-16(10)20-11(2)14-8-13(17)5-6-15(14)18/h3-8,11,20H,1-2H3. The van der Waals surface area contributed by atoms with Crippen molar-refractivity contribution >= 4 is 21.6 Å². The summed E-state index contributed by atoms with van der Waals surface area (Å²) in [7, 11) is 0. The minimum Gasteiger partial charge on any atom is -0.378 e. The summed E-state index contributed by atoms with van der Waals surface area (Å²) in [4.78, 5) is 0. The molecule has 0 saturated heterocycles. The molecule has 2 nitrogen and oxygen atoms in total. The molecular formula is C16H14BrFN2. The summed E-state index contributed by atoms with van der Waals surface area (Å²) in [5.41, 5.74) is 3.03. The third-order valence-electron chi connectivity index (χ3n) is 3.16. The lowest BCUT2D eigenvalue weighted by atomic mass is 10.1. The first kappa shape index (κ1) is 14.5. The molecule has 0 aliphatic carbocycles. The van der Waals surface area contributed by atoms with Gasteiger partial charge in [-0.25, -0.2) is 4.39 Å². The molecule has 0 saturated carbocycles. The molecule has 2 aromatic rings. The van der Waals surface area contributed by atoms with Crippen LogP contribution in [0.2, 0.25) is 0 Å². The molecule has 0 bridgehead atoms. The van der Waals surface area contributed by atoms with Gasteiger partial charge in [0.25, 0.3) is 0 Å². The molecule has 0 aliphatic heterocycles. The SMILES string of the molecule is Cc1ccc(C#N)cc1NC(C)c1cc(Br)ccc1F. The molecule has 0 aromatic heterocycles. The van der Waals surface area contributed by atoms with E-state index < -0.39 is 0 Å². The molecule has 0 spiro atoms. The van der Waals surface area contributed by atoms with Gasteiger partial charge in [0.2, 0.25) is 0 Å². The molecule has 102 valence electrons. The summed E-state index contributed by atoms with van der Waals surface area (Å²) in [5, 5.41) is 12.2. The second kappa shape index (κ2) is 6.06. The molecule has 0 amide bonds. The average Bonchev–Trinajstić information content (AvgIpc) is 2.43. The smallest absolute Gasteiger partial charge is 0.128 e. The van der Waals surface area contributed by atoms with Gasteiger partial charge in [-0.1, -0.05) is 22.0 Å². The second-order valence-electron chi connectivity index (χ2n) is 4.67. The molecule has 0 aliphatic rings. The highest BCUT2D eigenvalue weighted by molar-refractivity contribution is 9.10. The van der Waals surface area contributed by atoms with Gasteiger partial charge in [0, 0.05) is 15.7 Å². The molecule has 1 unspecified atom stereocenters. The van der Waals surface area contributed by atoms with E-state index >= 15 is 0 Å². The van der Waals surface area contributed by atoms with Gasteiger partial charge in [-0.15, -0.1) is 0 Å². The average molecular weight is 333 g/mol. The van der Waals surface area contributed by atoms with Gasteiger partial charge in [0.05, 0.1) is 17.7 Å². The van der Waals surface area contributed by atoms with Crippen molar-refractivity contribution in [2.45, 2.75) is 19.9 Å². The van der Waals surface area contributed by atoms with E-state index in [9.17, 15) is 4.39 Å². The van der Waals surface area contributed by atoms with Gasteiger partial charge in [-0.05, 0) is 49.7 Å². The van der Waals surface area contributed by atoms with E-state index in [1.54, 1.807) is 24.3 Å². The lowest BCUT2D eigenvalue weighted by Gasteiger charge is -2.18. The van der Waals surface area contributed by atoms with E-state index in [0.717, 1.165) is 15.7 Å². The summed E-state index contributed by atoms with van der Waals surface area (Å²) < 4.78 is 14.7. The Hall–Kier alpha value is -1.86. The Balaban J connectivity index is 2.30. The molecule has 2 aromatic carbocycles. The van der Waals surface area contributed by atoms with Gasteiger partial charge < -0.3 is 5.32 Å². The first-order chi connectivity index (χ1) is 9.51. The minimum absolute atomic E-state index is 0.194. The van der Waals surface area contributed by atoms with E-state index in [1.165, 1.54) is 6.07 Å². The second-order valence-corrected chi connectivity index (χ2v) is 5.59. The Morgan fingerprint density at radius 3 is 2.70 bits per heavy atom. The van der Waals surface area contributed by atoms with E-state index in [4.69, 9.17) is 5.26 Å². The van der Waals surface area contributed by atoms with Gasteiger partial charge in [0.15, 0.2) is 0 Å². The Morgan fingerprint density at radius 2 is 2.00 bits per heavy atom. The summed E-state index contributed by atoms with van der Waals surface area (Å²) in [6.45, 7) is 3.84. The molecule has 1 atom stereocenters. The zero-order valence-electron chi connectivity index (χ0n) is 11.2. The quantitative estimate of drug-likeness (QED) is 0.863. The number of hydrogen-bond donors (Lipinski definition) is 1. The van der Waals surface area contributed by atoms with E-state index in [2.05, 4.69) is 27.3 Å². The van der Waals surface area contributed by atoms with Crippen LogP contribution in [0.5, 0.6) is 0 Å². The van der Waals surface area contributed by atoms with Crippen molar-refractivity contribution in [2.24, 2.45) is 0 Å². The van der Waals surface area contributed by atoms with E-state index in [-0.39, 0.29) is 11.9 Å².